The van der Waals surface area contributed by atoms with E-state index in [1.54, 1.807) is 5.56 Å². The van der Waals surface area contributed by atoms with Gasteiger partial charge in [0, 0.05) is 12.1 Å². The first kappa shape index (κ1) is 33.9. The van der Waals surface area contributed by atoms with Crippen LogP contribution in [-0.4, -0.2) is 26.0 Å². The molecule has 1 aromatic carbocycles. The summed E-state index contributed by atoms with van der Waals surface area (Å²) in [4.78, 5) is 4.41. The lowest BCUT2D eigenvalue weighted by Crippen LogP contribution is -2.61. The number of hydrogen-bond acceptors (Lipinski definition) is 2. The van der Waals surface area contributed by atoms with Gasteiger partial charge in [-0.05, 0) is 119 Å². The van der Waals surface area contributed by atoms with Gasteiger partial charge in [-0.15, -0.1) is 0 Å². The molecule has 0 amide bonds. The number of hydrogen-bond donors (Lipinski definition) is 1. The fraction of sp³-hybridized carbons (Fsp3) is 0.838. The van der Waals surface area contributed by atoms with Crippen molar-refractivity contribution < 1.29 is 4.74 Å². The highest BCUT2D eigenvalue weighted by Crippen LogP contribution is 2.62. The van der Waals surface area contributed by atoms with Gasteiger partial charge < -0.3 is 9.72 Å². The summed E-state index contributed by atoms with van der Waals surface area (Å²) in [6, 6.07) is 11.3. The molecular formula is C37H67NOSi. The second kappa shape index (κ2) is 13.3. The Morgan fingerprint density at radius 3 is 2.02 bits per heavy atom. The SMILES string of the molecule is CC(C)C1CC2C(c3ccc(C(C)(C)C)cc3)CCCC2C1[Si](C)(CCCCCCOC(C)(C)C)NC(C)(C)C. The lowest BCUT2D eigenvalue weighted by Gasteiger charge is -2.47. The van der Waals surface area contributed by atoms with Crippen LogP contribution in [-0.2, 0) is 10.2 Å². The number of rotatable bonds is 11. The Balaban J connectivity index is 1.79. The molecule has 3 heteroatoms. The molecule has 2 aliphatic rings. The van der Waals surface area contributed by atoms with E-state index in [4.69, 9.17) is 4.74 Å². The van der Waals surface area contributed by atoms with E-state index in [1.165, 1.54) is 63.0 Å². The molecule has 1 aromatic rings. The molecule has 2 saturated carbocycles. The second-order valence-electron chi connectivity index (χ2n) is 17.3. The maximum absolute atomic E-state index is 5.99. The molecule has 40 heavy (non-hydrogen) atoms. The number of ether oxygens (including phenoxy) is 1. The van der Waals surface area contributed by atoms with Gasteiger partial charge in [-0.25, -0.2) is 0 Å². The van der Waals surface area contributed by atoms with Gasteiger partial charge in [0.05, 0.1) is 5.60 Å². The zero-order valence-electron chi connectivity index (χ0n) is 28.8. The highest BCUT2D eigenvalue weighted by molar-refractivity contribution is 6.78. The molecule has 0 bridgehead atoms. The normalized spacial score (nSPS) is 27.6. The monoisotopic (exact) mass is 569 g/mol. The minimum Gasteiger partial charge on any atom is -0.376 e. The minimum absolute atomic E-state index is 0.0144. The molecule has 2 fully saturated rings. The molecule has 2 aliphatic carbocycles. The van der Waals surface area contributed by atoms with Crippen LogP contribution in [0.4, 0.5) is 0 Å². The highest BCUT2D eigenvalue weighted by Gasteiger charge is 2.56. The first-order chi connectivity index (χ1) is 18.4. The molecule has 6 unspecified atom stereocenters. The fourth-order valence-corrected chi connectivity index (χ4v) is 14.8. The zero-order chi connectivity index (χ0) is 29.9. The summed E-state index contributed by atoms with van der Waals surface area (Å²) in [5, 5.41) is 0. The van der Waals surface area contributed by atoms with E-state index in [9.17, 15) is 0 Å². The first-order valence-electron chi connectivity index (χ1n) is 16.9. The molecule has 1 N–H and O–H groups in total. The number of unbranched alkanes of at least 4 members (excludes halogenated alkanes) is 3. The van der Waals surface area contributed by atoms with Crippen molar-refractivity contribution in [3.8, 4) is 0 Å². The number of fused-ring (bicyclic) bond motifs is 1. The van der Waals surface area contributed by atoms with Crippen molar-refractivity contribution in [3.63, 3.8) is 0 Å². The largest absolute Gasteiger partial charge is 0.376 e. The molecule has 0 spiro atoms. The maximum Gasteiger partial charge on any atom is 0.126 e. The first-order valence-corrected chi connectivity index (χ1v) is 19.7. The quantitative estimate of drug-likeness (QED) is 0.211. The van der Waals surface area contributed by atoms with Crippen LogP contribution in [0.3, 0.4) is 0 Å². The Hall–Kier alpha value is -0.643. The van der Waals surface area contributed by atoms with E-state index < -0.39 is 8.24 Å². The van der Waals surface area contributed by atoms with Crippen molar-refractivity contribution in [1.29, 1.82) is 0 Å². The van der Waals surface area contributed by atoms with E-state index in [1.807, 2.05) is 0 Å². The van der Waals surface area contributed by atoms with Crippen LogP contribution < -0.4 is 4.98 Å². The van der Waals surface area contributed by atoms with Gasteiger partial charge in [0.25, 0.3) is 0 Å². The topological polar surface area (TPSA) is 21.3 Å². The number of benzene rings is 1. The van der Waals surface area contributed by atoms with Crippen molar-refractivity contribution in [3.05, 3.63) is 35.4 Å². The molecule has 6 atom stereocenters. The van der Waals surface area contributed by atoms with Crippen molar-refractivity contribution >= 4 is 8.24 Å². The standard InChI is InChI=1S/C37H67NOSi/c1-27(2)32-26-33-30(28-20-22-29(23-21-28)35(3,4)5)18-17-19-31(33)34(32)40(12,38-36(6,7)8)25-16-14-13-15-24-39-37(9,10)11/h20-23,27,30-34,38H,13-19,24-26H2,1-12H3. The predicted octanol–water partition coefficient (Wildman–Crippen LogP) is 10.9. The minimum atomic E-state index is -1.73. The molecule has 0 aliphatic heterocycles. The van der Waals surface area contributed by atoms with Crippen LogP contribution in [0.2, 0.25) is 18.1 Å². The van der Waals surface area contributed by atoms with Crippen molar-refractivity contribution in [2.24, 2.45) is 23.7 Å². The van der Waals surface area contributed by atoms with Gasteiger partial charge in [0.1, 0.15) is 8.24 Å². The molecule has 3 rings (SSSR count). The smallest absolute Gasteiger partial charge is 0.126 e. The molecule has 2 nitrogen and oxygen atoms in total. The summed E-state index contributed by atoms with van der Waals surface area (Å²) < 4.78 is 5.99. The average Bonchev–Trinajstić information content (AvgIpc) is 3.22. The summed E-state index contributed by atoms with van der Waals surface area (Å²) >= 11 is 0. The Morgan fingerprint density at radius 2 is 1.48 bits per heavy atom. The third-order valence-electron chi connectivity index (χ3n) is 10.2. The van der Waals surface area contributed by atoms with Gasteiger partial charge in [-0.1, -0.05) is 97.5 Å². The molecule has 0 heterocycles. The molecule has 0 aromatic heterocycles. The van der Waals surface area contributed by atoms with Gasteiger partial charge in [-0.2, -0.15) is 0 Å². The van der Waals surface area contributed by atoms with Crippen LogP contribution in [0.15, 0.2) is 24.3 Å². The van der Waals surface area contributed by atoms with Crippen molar-refractivity contribution in [1.82, 2.24) is 4.98 Å². The van der Waals surface area contributed by atoms with E-state index in [2.05, 4.69) is 112 Å². The Bertz CT molecular complexity index is 902. The van der Waals surface area contributed by atoms with Crippen LogP contribution in [0.25, 0.3) is 0 Å². The fourth-order valence-electron chi connectivity index (χ4n) is 8.63. The van der Waals surface area contributed by atoms with Gasteiger partial charge >= 0.3 is 0 Å². The third-order valence-corrected chi connectivity index (χ3v) is 15.2. The number of nitrogens with one attached hydrogen (secondary N) is 1. The average molecular weight is 570 g/mol. The van der Waals surface area contributed by atoms with Gasteiger partial charge in [0.2, 0.25) is 0 Å². The van der Waals surface area contributed by atoms with Gasteiger partial charge in [-0.3, -0.25) is 0 Å². The van der Waals surface area contributed by atoms with E-state index in [-0.39, 0.29) is 16.6 Å². The summed E-state index contributed by atoms with van der Waals surface area (Å²) in [7, 11) is -1.73. The zero-order valence-corrected chi connectivity index (χ0v) is 29.8. The summed E-state index contributed by atoms with van der Waals surface area (Å²) in [6.45, 7) is 29.5. The lowest BCUT2D eigenvalue weighted by atomic mass is 9.70. The van der Waals surface area contributed by atoms with Crippen LogP contribution >= 0.6 is 0 Å². The summed E-state index contributed by atoms with van der Waals surface area (Å²) in [5.41, 5.74) is 4.36. The Morgan fingerprint density at radius 1 is 0.850 bits per heavy atom. The van der Waals surface area contributed by atoms with Crippen LogP contribution in [0.1, 0.15) is 145 Å². The maximum atomic E-state index is 5.99. The van der Waals surface area contributed by atoms with E-state index >= 15 is 0 Å². The van der Waals surface area contributed by atoms with Crippen molar-refractivity contribution in [2.75, 3.05) is 6.61 Å². The third kappa shape index (κ3) is 9.18. The van der Waals surface area contributed by atoms with Crippen LogP contribution in [0, 0.1) is 23.7 Å². The molecule has 0 saturated heterocycles. The van der Waals surface area contributed by atoms with Gasteiger partial charge in [0.15, 0.2) is 0 Å². The summed E-state index contributed by atoms with van der Waals surface area (Å²) in [5.74, 6) is 4.11. The Kier molecular flexibility index (Phi) is 11.3. The molecular weight excluding hydrogens is 502 g/mol. The summed E-state index contributed by atoms with van der Waals surface area (Å²) in [6.07, 6.45) is 10.9. The van der Waals surface area contributed by atoms with Crippen LogP contribution in [0.5, 0.6) is 0 Å². The predicted molar refractivity (Wildman–Crippen MR) is 179 cm³/mol. The lowest BCUT2D eigenvalue weighted by molar-refractivity contribution is -0.00471. The highest BCUT2D eigenvalue weighted by atomic mass is 28.3. The van der Waals surface area contributed by atoms with E-state index in [0.717, 1.165) is 41.7 Å². The van der Waals surface area contributed by atoms with Crippen molar-refractivity contribution in [2.45, 2.75) is 168 Å². The molecule has 230 valence electrons. The van der Waals surface area contributed by atoms with E-state index in [0.29, 0.717) is 0 Å². The molecule has 0 radical (unpaired) electrons. The Labute approximate surface area is 251 Å². The second-order valence-corrected chi connectivity index (χ2v) is 21.6.